The number of nitro groups is 1. The van der Waals surface area contributed by atoms with Gasteiger partial charge < -0.3 is 4.84 Å². The Hall–Kier alpha value is -2.64. The third-order valence-corrected chi connectivity index (χ3v) is 1.85. The maximum absolute atomic E-state index is 11.0. The van der Waals surface area contributed by atoms with Crippen LogP contribution in [0.15, 0.2) is 23.4 Å². The maximum Gasteiger partial charge on any atom is 0.400 e. The highest BCUT2D eigenvalue weighted by Crippen LogP contribution is 2.23. The number of oxime groups is 1. The normalized spacial score (nSPS) is 10.1. The number of carbonyl (C=O) groups excluding carboxylic acids is 1. The minimum atomic E-state index is -0.866. The van der Waals surface area contributed by atoms with Gasteiger partial charge in [0.05, 0.1) is 4.92 Å². The lowest BCUT2D eigenvalue weighted by atomic mass is 10.2. The van der Waals surface area contributed by atoms with Crippen LogP contribution >= 0.6 is 0 Å². The SMILES string of the molecule is CON=CC(=O)OOc1ccc([N+](=O)[O-])cc1C. The summed E-state index contributed by atoms with van der Waals surface area (Å²) in [6, 6.07) is 3.86. The zero-order valence-corrected chi connectivity index (χ0v) is 9.65. The fraction of sp³-hybridized carbons (Fsp3) is 0.200. The van der Waals surface area contributed by atoms with Gasteiger partial charge in [-0.15, -0.1) is 0 Å². The van der Waals surface area contributed by atoms with Crippen LogP contribution in [0.4, 0.5) is 5.69 Å². The van der Waals surface area contributed by atoms with E-state index in [4.69, 9.17) is 4.89 Å². The molecule has 0 saturated carbocycles. The Balaban J connectivity index is 2.66. The highest BCUT2D eigenvalue weighted by atomic mass is 17.2. The van der Waals surface area contributed by atoms with Gasteiger partial charge in [-0.1, -0.05) is 5.16 Å². The number of rotatable bonds is 5. The molecule has 0 aliphatic carbocycles. The number of nitro benzene ring substituents is 1. The maximum atomic E-state index is 11.0. The van der Waals surface area contributed by atoms with Gasteiger partial charge in [0.15, 0.2) is 12.0 Å². The smallest absolute Gasteiger partial charge is 0.399 e. The molecule has 0 unspecified atom stereocenters. The molecule has 0 saturated heterocycles. The molecular weight excluding hydrogens is 244 g/mol. The zero-order valence-electron chi connectivity index (χ0n) is 9.65. The second kappa shape index (κ2) is 6.18. The monoisotopic (exact) mass is 254 g/mol. The fourth-order valence-corrected chi connectivity index (χ4v) is 1.04. The van der Waals surface area contributed by atoms with Gasteiger partial charge in [0.2, 0.25) is 0 Å². The first-order valence-electron chi connectivity index (χ1n) is 4.74. The molecule has 96 valence electrons. The van der Waals surface area contributed by atoms with Crippen LogP contribution in [0.2, 0.25) is 0 Å². The van der Waals surface area contributed by atoms with Crippen molar-refractivity contribution in [3.05, 3.63) is 33.9 Å². The number of hydrogen-bond acceptors (Lipinski definition) is 7. The van der Waals surface area contributed by atoms with Crippen molar-refractivity contribution in [1.29, 1.82) is 0 Å². The summed E-state index contributed by atoms with van der Waals surface area (Å²) in [4.78, 5) is 34.3. The van der Waals surface area contributed by atoms with Crippen LogP contribution in [0, 0.1) is 17.0 Å². The van der Waals surface area contributed by atoms with E-state index >= 15 is 0 Å². The molecule has 1 aromatic carbocycles. The van der Waals surface area contributed by atoms with Crippen LogP contribution < -0.4 is 4.89 Å². The van der Waals surface area contributed by atoms with Crippen LogP contribution in [-0.4, -0.2) is 24.2 Å². The third-order valence-electron chi connectivity index (χ3n) is 1.85. The summed E-state index contributed by atoms with van der Waals surface area (Å²) in [6.45, 7) is 1.58. The molecule has 0 aromatic heterocycles. The lowest BCUT2D eigenvalue weighted by molar-refractivity contribution is -0.385. The molecule has 0 heterocycles. The predicted molar refractivity (Wildman–Crippen MR) is 60.1 cm³/mol. The van der Waals surface area contributed by atoms with Gasteiger partial charge in [-0.3, -0.25) is 15.0 Å². The average molecular weight is 254 g/mol. The van der Waals surface area contributed by atoms with E-state index in [1.165, 1.54) is 25.3 Å². The Morgan fingerprint density at radius 1 is 1.50 bits per heavy atom. The van der Waals surface area contributed by atoms with Crippen molar-refractivity contribution in [2.75, 3.05) is 7.11 Å². The van der Waals surface area contributed by atoms with Crippen molar-refractivity contribution in [2.24, 2.45) is 5.16 Å². The number of hydrogen-bond donors (Lipinski definition) is 0. The van der Waals surface area contributed by atoms with Crippen LogP contribution in [0.5, 0.6) is 5.75 Å². The van der Waals surface area contributed by atoms with E-state index in [2.05, 4.69) is 14.9 Å². The van der Waals surface area contributed by atoms with Gasteiger partial charge in [0, 0.05) is 17.7 Å². The number of benzene rings is 1. The molecule has 1 rings (SSSR count). The van der Waals surface area contributed by atoms with Gasteiger partial charge >= 0.3 is 5.97 Å². The molecule has 0 atom stereocenters. The highest BCUT2D eigenvalue weighted by molar-refractivity contribution is 6.22. The topological polar surface area (TPSA) is 100 Å². The molecule has 0 aliphatic rings. The third kappa shape index (κ3) is 3.74. The molecule has 0 fully saturated rings. The average Bonchev–Trinajstić information content (AvgIpc) is 2.34. The van der Waals surface area contributed by atoms with Crippen molar-refractivity contribution in [3.63, 3.8) is 0 Å². The molecule has 1 aromatic rings. The van der Waals surface area contributed by atoms with E-state index in [9.17, 15) is 14.9 Å². The van der Waals surface area contributed by atoms with Crippen molar-refractivity contribution < 1.29 is 24.3 Å². The van der Waals surface area contributed by atoms with E-state index in [-0.39, 0.29) is 11.4 Å². The molecule has 0 radical (unpaired) electrons. The minimum absolute atomic E-state index is 0.0767. The van der Waals surface area contributed by atoms with E-state index in [0.29, 0.717) is 5.56 Å². The quantitative estimate of drug-likeness (QED) is 0.340. The van der Waals surface area contributed by atoms with Gasteiger partial charge in [0.25, 0.3) is 5.69 Å². The molecular formula is C10H10N2O6. The summed E-state index contributed by atoms with van der Waals surface area (Å²) in [5.74, 6) is -0.672. The number of nitrogens with zero attached hydrogens (tertiary/aromatic N) is 2. The Morgan fingerprint density at radius 2 is 2.22 bits per heavy atom. The highest BCUT2D eigenvalue weighted by Gasteiger charge is 2.10. The molecule has 0 amide bonds. The van der Waals surface area contributed by atoms with E-state index in [1.807, 2.05) is 0 Å². The van der Waals surface area contributed by atoms with Crippen molar-refractivity contribution in [2.45, 2.75) is 6.92 Å². The van der Waals surface area contributed by atoms with E-state index < -0.39 is 10.9 Å². The summed E-state index contributed by atoms with van der Waals surface area (Å²) in [6.07, 6.45) is 0.778. The zero-order chi connectivity index (χ0) is 13.5. The van der Waals surface area contributed by atoms with E-state index in [1.54, 1.807) is 6.92 Å². The summed E-state index contributed by atoms with van der Waals surface area (Å²) in [7, 11) is 1.27. The number of aryl methyl sites for hydroxylation is 1. The first kappa shape index (κ1) is 13.4. The molecule has 0 spiro atoms. The Kier molecular flexibility index (Phi) is 4.61. The largest absolute Gasteiger partial charge is 0.400 e. The lowest BCUT2D eigenvalue weighted by Gasteiger charge is -2.04. The molecule has 0 bridgehead atoms. The van der Waals surface area contributed by atoms with Gasteiger partial charge in [0.1, 0.15) is 7.11 Å². The van der Waals surface area contributed by atoms with Crippen LogP contribution in [-0.2, 0) is 14.5 Å². The first-order valence-corrected chi connectivity index (χ1v) is 4.74. The standard InChI is InChI=1S/C10H10N2O6/c1-7-5-8(12(14)15)3-4-9(7)17-18-10(13)6-11-16-2/h3-6H,1-2H3. The van der Waals surface area contributed by atoms with Gasteiger partial charge in [-0.25, -0.2) is 9.68 Å². The Labute approximate surface area is 102 Å². The lowest BCUT2D eigenvalue weighted by Crippen LogP contribution is -2.09. The summed E-state index contributed by atoms with van der Waals surface area (Å²) in [5.41, 5.74) is 0.382. The van der Waals surface area contributed by atoms with E-state index in [0.717, 1.165) is 6.21 Å². The van der Waals surface area contributed by atoms with Crippen molar-refractivity contribution in [1.82, 2.24) is 0 Å². The Morgan fingerprint density at radius 3 is 2.78 bits per heavy atom. The van der Waals surface area contributed by atoms with Crippen LogP contribution in [0.3, 0.4) is 0 Å². The second-order valence-electron chi connectivity index (χ2n) is 3.11. The van der Waals surface area contributed by atoms with Crippen LogP contribution in [0.1, 0.15) is 5.56 Å². The van der Waals surface area contributed by atoms with Crippen LogP contribution in [0.25, 0.3) is 0 Å². The Bertz CT molecular complexity index is 485. The minimum Gasteiger partial charge on any atom is -0.399 e. The second-order valence-corrected chi connectivity index (χ2v) is 3.11. The first-order chi connectivity index (χ1) is 8.54. The summed E-state index contributed by atoms with van der Waals surface area (Å²) < 4.78 is 0. The van der Waals surface area contributed by atoms with Gasteiger partial charge in [-0.2, -0.15) is 0 Å². The number of non-ortho nitro benzene ring substituents is 1. The number of carbonyl (C=O) groups is 1. The molecule has 18 heavy (non-hydrogen) atoms. The predicted octanol–water partition coefficient (Wildman–Crippen LogP) is 1.37. The van der Waals surface area contributed by atoms with Crippen molar-refractivity contribution >= 4 is 17.9 Å². The molecule has 0 N–H and O–H groups in total. The van der Waals surface area contributed by atoms with Gasteiger partial charge in [-0.05, 0) is 13.0 Å². The fourth-order valence-electron chi connectivity index (χ4n) is 1.04. The molecule has 0 aliphatic heterocycles. The summed E-state index contributed by atoms with van der Waals surface area (Å²) >= 11 is 0. The molecule has 8 nitrogen and oxygen atoms in total. The van der Waals surface area contributed by atoms with Crippen molar-refractivity contribution in [3.8, 4) is 5.75 Å². The summed E-state index contributed by atoms with van der Waals surface area (Å²) in [5, 5.41) is 13.7. The molecule has 8 heteroatoms.